The minimum atomic E-state index is -0.385. The van der Waals surface area contributed by atoms with E-state index in [0.29, 0.717) is 6.54 Å². The Morgan fingerprint density at radius 2 is 1.83 bits per heavy atom. The van der Waals surface area contributed by atoms with Crippen molar-refractivity contribution in [1.29, 1.82) is 5.26 Å². The first-order chi connectivity index (χ1) is 11.6. The molecule has 24 heavy (non-hydrogen) atoms. The van der Waals surface area contributed by atoms with Crippen molar-refractivity contribution in [1.82, 2.24) is 5.32 Å². The zero-order valence-electron chi connectivity index (χ0n) is 13.8. The Morgan fingerprint density at radius 1 is 1.17 bits per heavy atom. The monoisotopic (exact) mass is 320 g/mol. The summed E-state index contributed by atoms with van der Waals surface area (Å²) in [6.07, 6.45) is 1.67. The van der Waals surface area contributed by atoms with Gasteiger partial charge in [-0.1, -0.05) is 42.5 Å². The molecule has 0 fully saturated rings. The van der Waals surface area contributed by atoms with Gasteiger partial charge in [0.25, 0.3) is 5.91 Å². The van der Waals surface area contributed by atoms with Gasteiger partial charge < -0.3 is 10.1 Å². The number of rotatable bonds is 6. The first-order valence-electron chi connectivity index (χ1n) is 7.79. The minimum Gasteiger partial charge on any atom is -0.491 e. The number of benzene rings is 2. The van der Waals surface area contributed by atoms with Crippen molar-refractivity contribution in [2.75, 3.05) is 0 Å². The second-order valence-electron chi connectivity index (χ2n) is 5.57. The molecule has 0 unspecified atom stereocenters. The Morgan fingerprint density at radius 3 is 2.42 bits per heavy atom. The molecule has 2 aromatic rings. The second-order valence-corrected chi connectivity index (χ2v) is 5.57. The molecule has 4 heteroatoms. The van der Waals surface area contributed by atoms with Crippen LogP contribution in [-0.4, -0.2) is 12.0 Å². The van der Waals surface area contributed by atoms with Crippen LogP contribution < -0.4 is 10.1 Å². The average molecular weight is 320 g/mol. The van der Waals surface area contributed by atoms with Gasteiger partial charge in [-0.2, -0.15) is 5.26 Å². The van der Waals surface area contributed by atoms with E-state index in [0.717, 1.165) is 16.9 Å². The summed E-state index contributed by atoms with van der Waals surface area (Å²) in [5, 5.41) is 12.0. The number of nitrogens with zero attached hydrogens (tertiary/aromatic N) is 1. The summed E-state index contributed by atoms with van der Waals surface area (Å²) in [5.74, 6) is 0.373. The minimum absolute atomic E-state index is 0.0726. The third-order valence-corrected chi connectivity index (χ3v) is 3.22. The maximum absolute atomic E-state index is 12.1. The molecule has 4 nitrogen and oxygen atoms in total. The molecular weight excluding hydrogens is 300 g/mol. The van der Waals surface area contributed by atoms with Crippen LogP contribution in [0.15, 0.2) is 60.2 Å². The molecule has 0 bridgehead atoms. The van der Waals surface area contributed by atoms with Crippen molar-refractivity contribution in [2.24, 2.45) is 0 Å². The number of hydrogen-bond acceptors (Lipinski definition) is 3. The van der Waals surface area contributed by atoms with Crippen molar-refractivity contribution in [3.63, 3.8) is 0 Å². The summed E-state index contributed by atoms with van der Waals surface area (Å²) in [5.41, 5.74) is 1.83. The standard InChI is InChI=1S/C20H20N2O2/c1-15(2)24-19-10-8-16(9-11-19)12-18(13-21)20(23)22-14-17-6-4-3-5-7-17/h3-12,15H,14H2,1-2H3,(H,22,23)/b18-12+. The molecule has 0 aliphatic rings. The summed E-state index contributed by atoms with van der Waals surface area (Å²) in [7, 11) is 0. The van der Waals surface area contributed by atoms with Crippen LogP contribution in [0.3, 0.4) is 0 Å². The van der Waals surface area contributed by atoms with E-state index in [1.807, 2.05) is 74.5 Å². The van der Waals surface area contributed by atoms with Crippen LogP contribution in [0.25, 0.3) is 6.08 Å². The lowest BCUT2D eigenvalue weighted by Crippen LogP contribution is -2.23. The average Bonchev–Trinajstić information content (AvgIpc) is 2.59. The van der Waals surface area contributed by atoms with E-state index >= 15 is 0 Å². The lowest BCUT2D eigenvalue weighted by atomic mass is 10.1. The summed E-state index contributed by atoms with van der Waals surface area (Å²) in [4.78, 5) is 12.1. The summed E-state index contributed by atoms with van der Waals surface area (Å²) >= 11 is 0. The molecule has 2 aromatic carbocycles. The number of carbonyl (C=O) groups is 1. The summed E-state index contributed by atoms with van der Waals surface area (Å²) in [6.45, 7) is 4.30. The second kappa shape index (κ2) is 8.54. The van der Waals surface area contributed by atoms with Crippen LogP contribution in [-0.2, 0) is 11.3 Å². The molecule has 0 heterocycles. The fourth-order valence-electron chi connectivity index (χ4n) is 2.10. The van der Waals surface area contributed by atoms with Gasteiger partial charge in [-0.15, -0.1) is 0 Å². The molecule has 0 aliphatic heterocycles. The first kappa shape index (κ1) is 17.3. The highest BCUT2D eigenvalue weighted by atomic mass is 16.5. The van der Waals surface area contributed by atoms with Crippen LogP contribution in [0.1, 0.15) is 25.0 Å². The zero-order chi connectivity index (χ0) is 17.4. The Bertz CT molecular complexity index is 741. The predicted octanol–water partition coefficient (Wildman–Crippen LogP) is 3.70. The molecule has 0 aliphatic carbocycles. The number of carbonyl (C=O) groups excluding carboxylic acids is 1. The number of nitrogens with one attached hydrogen (secondary N) is 1. The largest absolute Gasteiger partial charge is 0.491 e. The van der Waals surface area contributed by atoms with Crippen LogP contribution in [0.2, 0.25) is 0 Å². The highest BCUT2D eigenvalue weighted by molar-refractivity contribution is 6.01. The molecule has 0 saturated heterocycles. The number of ether oxygens (including phenoxy) is 1. The number of nitriles is 1. The van der Waals surface area contributed by atoms with Crippen molar-refractivity contribution in [3.8, 4) is 11.8 Å². The van der Waals surface area contributed by atoms with E-state index in [1.54, 1.807) is 6.08 Å². The van der Waals surface area contributed by atoms with Gasteiger partial charge >= 0.3 is 0 Å². The van der Waals surface area contributed by atoms with E-state index in [-0.39, 0.29) is 17.6 Å². The zero-order valence-corrected chi connectivity index (χ0v) is 13.8. The fourth-order valence-corrected chi connectivity index (χ4v) is 2.10. The Kier molecular flexibility index (Phi) is 6.16. The maximum Gasteiger partial charge on any atom is 0.262 e. The number of amides is 1. The van der Waals surface area contributed by atoms with Gasteiger partial charge in [0.05, 0.1) is 6.10 Å². The molecule has 0 saturated carbocycles. The number of hydrogen-bond donors (Lipinski definition) is 1. The predicted molar refractivity (Wildman–Crippen MR) is 94.1 cm³/mol. The van der Waals surface area contributed by atoms with Gasteiger partial charge in [-0.3, -0.25) is 4.79 Å². The maximum atomic E-state index is 12.1. The molecule has 0 aromatic heterocycles. The van der Waals surface area contributed by atoms with Gasteiger partial charge in [0.15, 0.2) is 0 Å². The SMILES string of the molecule is CC(C)Oc1ccc(/C=C(\C#N)C(=O)NCc2ccccc2)cc1. The van der Waals surface area contributed by atoms with Gasteiger partial charge in [0, 0.05) is 6.54 Å². The van der Waals surface area contributed by atoms with Crippen molar-refractivity contribution >= 4 is 12.0 Å². The molecule has 1 amide bonds. The van der Waals surface area contributed by atoms with Crippen molar-refractivity contribution in [3.05, 3.63) is 71.3 Å². The van der Waals surface area contributed by atoms with Crippen LogP contribution in [0, 0.1) is 11.3 Å². The Hall–Kier alpha value is -3.06. The van der Waals surface area contributed by atoms with E-state index in [2.05, 4.69) is 5.32 Å². The van der Waals surface area contributed by atoms with E-state index in [4.69, 9.17) is 4.74 Å². The van der Waals surface area contributed by atoms with Crippen molar-refractivity contribution in [2.45, 2.75) is 26.5 Å². The van der Waals surface area contributed by atoms with Crippen LogP contribution in [0.5, 0.6) is 5.75 Å². The quantitative estimate of drug-likeness (QED) is 0.652. The fraction of sp³-hybridized carbons (Fsp3) is 0.200. The van der Waals surface area contributed by atoms with Gasteiger partial charge in [-0.25, -0.2) is 0 Å². The lowest BCUT2D eigenvalue weighted by molar-refractivity contribution is -0.117. The highest BCUT2D eigenvalue weighted by Gasteiger charge is 2.08. The first-order valence-corrected chi connectivity index (χ1v) is 7.79. The Balaban J connectivity index is 2.02. The molecule has 1 N–H and O–H groups in total. The third kappa shape index (κ3) is 5.29. The molecule has 0 radical (unpaired) electrons. The van der Waals surface area contributed by atoms with E-state index in [1.165, 1.54) is 0 Å². The Labute approximate surface area is 142 Å². The highest BCUT2D eigenvalue weighted by Crippen LogP contribution is 2.16. The lowest BCUT2D eigenvalue weighted by Gasteiger charge is -2.09. The summed E-state index contributed by atoms with van der Waals surface area (Å²) in [6, 6.07) is 18.8. The molecule has 0 spiro atoms. The third-order valence-electron chi connectivity index (χ3n) is 3.22. The summed E-state index contributed by atoms with van der Waals surface area (Å²) < 4.78 is 5.57. The molecule has 2 rings (SSSR count). The van der Waals surface area contributed by atoms with E-state index in [9.17, 15) is 10.1 Å². The molecule has 122 valence electrons. The van der Waals surface area contributed by atoms with Gasteiger partial charge in [0.2, 0.25) is 0 Å². The van der Waals surface area contributed by atoms with Crippen LogP contribution in [0.4, 0.5) is 0 Å². The topological polar surface area (TPSA) is 62.1 Å². The van der Waals surface area contributed by atoms with E-state index < -0.39 is 0 Å². The van der Waals surface area contributed by atoms with Gasteiger partial charge in [-0.05, 0) is 43.2 Å². The van der Waals surface area contributed by atoms with Crippen molar-refractivity contribution < 1.29 is 9.53 Å². The molecular formula is C20H20N2O2. The molecule has 0 atom stereocenters. The smallest absolute Gasteiger partial charge is 0.262 e. The van der Waals surface area contributed by atoms with Gasteiger partial charge in [0.1, 0.15) is 17.4 Å². The normalized spacial score (nSPS) is 11.0. The van der Waals surface area contributed by atoms with Crippen LogP contribution >= 0.6 is 0 Å².